The smallest absolute Gasteiger partial charge is 0.0239 e. The van der Waals surface area contributed by atoms with Crippen LogP contribution in [0, 0.1) is 11.8 Å². The van der Waals surface area contributed by atoms with Gasteiger partial charge in [-0.05, 0) is 67.3 Å². The van der Waals surface area contributed by atoms with Crippen molar-refractivity contribution in [1.29, 1.82) is 0 Å². The number of benzene rings is 1. The molecule has 0 radical (unpaired) electrons. The van der Waals surface area contributed by atoms with Gasteiger partial charge in [0.05, 0.1) is 0 Å². The van der Waals surface area contributed by atoms with Crippen LogP contribution in [0.25, 0.3) is 6.08 Å². The fraction of sp³-hybridized carbons (Fsp3) is 0.579. The number of rotatable bonds is 3. The highest BCUT2D eigenvalue weighted by molar-refractivity contribution is 5.60. The van der Waals surface area contributed by atoms with Crippen LogP contribution in [0.15, 0.2) is 24.3 Å². The summed E-state index contributed by atoms with van der Waals surface area (Å²) in [6.45, 7) is 8.43. The average molecular weight is 269 g/mol. The zero-order valence-corrected chi connectivity index (χ0v) is 12.9. The molecule has 0 N–H and O–H groups in total. The fourth-order valence-corrected chi connectivity index (χ4v) is 3.69. The third-order valence-corrected chi connectivity index (χ3v) is 5.12. The number of aryl methyl sites for hydroxylation is 1. The van der Waals surface area contributed by atoms with E-state index >= 15 is 0 Å². The molecule has 1 saturated heterocycles. The molecule has 2 aliphatic rings. The number of hydrogen-bond donors (Lipinski definition) is 0. The average Bonchev–Trinajstić information content (AvgIpc) is 2.48. The Labute approximate surface area is 123 Å². The van der Waals surface area contributed by atoms with Crippen LogP contribution in [0.2, 0.25) is 0 Å². The van der Waals surface area contributed by atoms with Crippen molar-refractivity contribution < 1.29 is 0 Å². The molecule has 1 heterocycles. The summed E-state index contributed by atoms with van der Waals surface area (Å²) in [5.41, 5.74) is 4.58. The maximum absolute atomic E-state index is 2.65. The topological polar surface area (TPSA) is 3.24 Å². The van der Waals surface area contributed by atoms with Gasteiger partial charge in [0, 0.05) is 6.54 Å². The second-order valence-electron chi connectivity index (χ2n) is 6.79. The molecule has 1 nitrogen and oxygen atoms in total. The van der Waals surface area contributed by atoms with Gasteiger partial charge in [-0.25, -0.2) is 0 Å². The minimum absolute atomic E-state index is 0.851. The Balaban J connectivity index is 1.66. The van der Waals surface area contributed by atoms with Gasteiger partial charge >= 0.3 is 0 Å². The van der Waals surface area contributed by atoms with Crippen molar-refractivity contribution in [1.82, 2.24) is 4.90 Å². The van der Waals surface area contributed by atoms with E-state index in [0.717, 1.165) is 18.4 Å². The molecule has 3 rings (SSSR count). The van der Waals surface area contributed by atoms with Gasteiger partial charge in [0.15, 0.2) is 0 Å². The molecular formula is C19H27N. The maximum atomic E-state index is 2.65. The zero-order chi connectivity index (χ0) is 13.9. The number of likely N-dealkylation sites (tertiary alicyclic amines) is 1. The molecule has 0 spiro atoms. The van der Waals surface area contributed by atoms with Crippen molar-refractivity contribution in [2.45, 2.75) is 46.1 Å². The highest BCUT2D eigenvalue weighted by atomic mass is 15.1. The van der Waals surface area contributed by atoms with Crippen molar-refractivity contribution in [2.24, 2.45) is 11.8 Å². The lowest BCUT2D eigenvalue weighted by Gasteiger charge is -2.34. The maximum Gasteiger partial charge on any atom is 0.0239 e. The summed E-state index contributed by atoms with van der Waals surface area (Å²) in [5, 5.41) is 0. The summed E-state index contributed by atoms with van der Waals surface area (Å²) in [6.07, 6.45) is 9.85. The third-order valence-electron chi connectivity index (χ3n) is 5.12. The van der Waals surface area contributed by atoms with Gasteiger partial charge in [-0.3, -0.25) is 4.90 Å². The molecular weight excluding hydrogens is 242 g/mol. The van der Waals surface area contributed by atoms with E-state index < -0.39 is 0 Å². The van der Waals surface area contributed by atoms with E-state index in [1.165, 1.54) is 49.9 Å². The quantitative estimate of drug-likeness (QED) is 0.780. The molecule has 0 bridgehead atoms. The Kier molecular flexibility index (Phi) is 4.26. The SMILES string of the molecule is CC(C)C1CCN(Cc2cccc3c2C=CCC3)CC1. The van der Waals surface area contributed by atoms with Crippen molar-refractivity contribution in [2.75, 3.05) is 13.1 Å². The van der Waals surface area contributed by atoms with E-state index in [-0.39, 0.29) is 0 Å². The Hall–Kier alpha value is -1.08. The number of piperidine rings is 1. The van der Waals surface area contributed by atoms with Gasteiger partial charge in [0.25, 0.3) is 0 Å². The summed E-state index contributed by atoms with van der Waals surface area (Å²) < 4.78 is 0. The molecule has 1 aromatic carbocycles. The minimum Gasteiger partial charge on any atom is -0.299 e. The predicted molar refractivity (Wildman–Crippen MR) is 86.6 cm³/mol. The lowest BCUT2D eigenvalue weighted by molar-refractivity contribution is 0.152. The van der Waals surface area contributed by atoms with Crippen LogP contribution in [0.5, 0.6) is 0 Å². The van der Waals surface area contributed by atoms with Crippen molar-refractivity contribution in [3.8, 4) is 0 Å². The summed E-state index contributed by atoms with van der Waals surface area (Å²) in [6, 6.07) is 6.87. The Morgan fingerprint density at radius 2 is 2.00 bits per heavy atom. The predicted octanol–water partition coefficient (Wildman–Crippen LogP) is 4.51. The number of fused-ring (bicyclic) bond motifs is 1. The molecule has 1 heteroatoms. The van der Waals surface area contributed by atoms with Gasteiger partial charge in [-0.15, -0.1) is 0 Å². The first-order valence-electron chi connectivity index (χ1n) is 8.23. The molecule has 0 unspecified atom stereocenters. The molecule has 0 aromatic heterocycles. The highest BCUT2D eigenvalue weighted by Gasteiger charge is 2.22. The third kappa shape index (κ3) is 2.98. The fourth-order valence-electron chi connectivity index (χ4n) is 3.69. The van der Waals surface area contributed by atoms with Crippen molar-refractivity contribution in [3.63, 3.8) is 0 Å². The Morgan fingerprint density at radius 1 is 1.20 bits per heavy atom. The first-order chi connectivity index (χ1) is 9.74. The first kappa shape index (κ1) is 13.9. The molecule has 1 aliphatic carbocycles. The minimum atomic E-state index is 0.851. The summed E-state index contributed by atoms with van der Waals surface area (Å²) in [7, 11) is 0. The molecule has 108 valence electrons. The van der Waals surface area contributed by atoms with E-state index in [1.807, 2.05) is 0 Å². The number of hydrogen-bond acceptors (Lipinski definition) is 1. The molecule has 0 atom stereocenters. The largest absolute Gasteiger partial charge is 0.299 e. The lowest BCUT2D eigenvalue weighted by Crippen LogP contribution is -2.35. The van der Waals surface area contributed by atoms with Crippen LogP contribution in [-0.2, 0) is 13.0 Å². The van der Waals surface area contributed by atoms with Crippen molar-refractivity contribution in [3.05, 3.63) is 41.0 Å². The summed E-state index contributed by atoms with van der Waals surface area (Å²) in [5.74, 6) is 1.79. The monoisotopic (exact) mass is 269 g/mol. The molecule has 0 amide bonds. The van der Waals surface area contributed by atoms with E-state index in [0.29, 0.717) is 0 Å². The van der Waals surface area contributed by atoms with Crippen molar-refractivity contribution >= 4 is 6.08 Å². The van der Waals surface area contributed by atoms with E-state index in [2.05, 4.69) is 49.1 Å². The summed E-state index contributed by atoms with van der Waals surface area (Å²) in [4.78, 5) is 2.65. The lowest BCUT2D eigenvalue weighted by atomic mass is 9.86. The number of allylic oxidation sites excluding steroid dienone is 1. The van der Waals surface area contributed by atoms with Gasteiger partial charge in [-0.2, -0.15) is 0 Å². The van der Waals surface area contributed by atoms with Gasteiger partial charge in [0.1, 0.15) is 0 Å². The standard InChI is InChI=1S/C19H27N/c1-15(2)16-10-12-20(13-11-16)14-18-8-5-7-17-6-3-4-9-19(17)18/h4-5,7-9,15-16H,3,6,10-14H2,1-2H3. The van der Waals surface area contributed by atoms with Crippen LogP contribution in [0.1, 0.15) is 49.8 Å². The van der Waals surface area contributed by atoms with Crippen LogP contribution in [0.4, 0.5) is 0 Å². The van der Waals surface area contributed by atoms with E-state index in [4.69, 9.17) is 0 Å². The molecule has 0 saturated carbocycles. The van der Waals surface area contributed by atoms with Gasteiger partial charge in [0.2, 0.25) is 0 Å². The Morgan fingerprint density at radius 3 is 2.75 bits per heavy atom. The van der Waals surface area contributed by atoms with Gasteiger partial charge < -0.3 is 0 Å². The molecule has 20 heavy (non-hydrogen) atoms. The van der Waals surface area contributed by atoms with Crippen LogP contribution in [-0.4, -0.2) is 18.0 Å². The zero-order valence-electron chi connectivity index (χ0n) is 12.9. The Bertz CT molecular complexity index is 479. The van der Waals surface area contributed by atoms with Crippen LogP contribution in [0.3, 0.4) is 0 Å². The first-order valence-corrected chi connectivity index (χ1v) is 8.23. The highest BCUT2D eigenvalue weighted by Crippen LogP contribution is 2.28. The van der Waals surface area contributed by atoms with Crippen LogP contribution < -0.4 is 0 Å². The van der Waals surface area contributed by atoms with Gasteiger partial charge in [-0.1, -0.05) is 44.2 Å². The van der Waals surface area contributed by atoms with E-state index in [9.17, 15) is 0 Å². The molecule has 1 fully saturated rings. The second kappa shape index (κ2) is 6.13. The molecule has 1 aromatic rings. The van der Waals surface area contributed by atoms with Crippen LogP contribution >= 0.6 is 0 Å². The normalized spacial score (nSPS) is 20.4. The number of nitrogens with zero attached hydrogens (tertiary/aromatic N) is 1. The summed E-state index contributed by atoms with van der Waals surface area (Å²) >= 11 is 0. The second-order valence-corrected chi connectivity index (χ2v) is 6.79. The molecule has 1 aliphatic heterocycles. The van der Waals surface area contributed by atoms with E-state index in [1.54, 1.807) is 5.56 Å².